The highest BCUT2D eigenvalue weighted by Crippen LogP contribution is 2.11. The van der Waals surface area contributed by atoms with Gasteiger partial charge in [-0.1, -0.05) is 82.4 Å². The predicted octanol–water partition coefficient (Wildman–Crippen LogP) is 6.57. The Morgan fingerprint density at radius 3 is 1.65 bits per heavy atom. The standard InChI is InChI=1S/C22H38O/c1-3-5-6-7-8-9-10-11-12-13-14-15-16-17-18-19-20-21-22(23)4-2/h2,9-10,20-23H,3,5-8,11-19H2,1H3/b10-9+,21-20+. The molecule has 0 spiro atoms. The van der Waals surface area contributed by atoms with E-state index in [9.17, 15) is 0 Å². The van der Waals surface area contributed by atoms with Crippen LogP contribution in [0.25, 0.3) is 0 Å². The summed E-state index contributed by atoms with van der Waals surface area (Å²) in [5.74, 6) is 2.28. The fourth-order valence-corrected chi connectivity index (χ4v) is 2.61. The monoisotopic (exact) mass is 318 g/mol. The second-order valence-electron chi connectivity index (χ2n) is 6.41. The van der Waals surface area contributed by atoms with Crippen LogP contribution < -0.4 is 0 Å². The minimum absolute atomic E-state index is 0.708. The Balaban J connectivity index is 3.15. The van der Waals surface area contributed by atoms with E-state index in [1.807, 2.05) is 6.08 Å². The Kier molecular flexibility index (Phi) is 18.2. The zero-order chi connectivity index (χ0) is 17.0. The van der Waals surface area contributed by atoms with Crippen LogP contribution in [0.5, 0.6) is 0 Å². The van der Waals surface area contributed by atoms with Crippen molar-refractivity contribution in [1.82, 2.24) is 0 Å². The number of rotatable bonds is 16. The van der Waals surface area contributed by atoms with Crippen LogP contribution in [0.4, 0.5) is 0 Å². The van der Waals surface area contributed by atoms with Crippen LogP contribution >= 0.6 is 0 Å². The van der Waals surface area contributed by atoms with Crippen LogP contribution in [-0.2, 0) is 0 Å². The summed E-state index contributed by atoms with van der Waals surface area (Å²) in [6, 6.07) is 0. The molecular weight excluding hydrogens is 280 g/mol. The van der Waals surface area contributed by atoms with Gasteiger partial charge in [0.25, 0.3) is 0 Å². The van der Waals surface area contributed by atoms with Gasteiger partial charge in [-0.3, -0.25) is 0 Å². The molecule has 0 aliphatic rings. The number of terminal acetylenes is 1. The van der Waals surface area contributed by atoms with Crippen molar-refractivity contribution >= 4 is 0 Å². The molecule has 132 valence electrons. The van der Waals surface area contributed by atoms with Crippen molar-refractivity contribution in [3.8, 4) is 12.3 Å². The van der Waals surface area contributed by atoms with E-state index in [1.165, 1.54) is 83.5 Å². The summed E-state index contributed by atoms with van der Waals surface area (Å²) >= 11 is 0. The molecule has 0 rings (SSSR count). The first-order chi connectivity index (χ1) is 11.3. The highest BCUT2D eigenvalue weighted by atomic mass is 16.3. The Labute approximate surface area is 145 Å². The molecule has 1 atom stereocenters. The predicted molar refractivity (Wildman–Crippen MR) is 103 cm³/mol. The summed E-state index contributed by atoms with van der Waals surface area (Å²) in [7, 11) is 0. The van der Waals surface area contributed by atoms with E-state index in [-0.39, 0.29) is 0 Å². The van der Waals surface area contributed by atoms with E-state index in [2.05, 4.69) is 25.0 Å². The lowest BCUT2D eigenvalue weighted by molar-refractivity contribution is 0.280. The zero-order valence-corrected chi connectivity index (χ0v) is 15.3. The third-order valence-electron chi connectivity index (χ3n) is 4.12. The largest absolute Gasteiger partial charge is 0.377 e. The molecule has 0 saturated heterocycles. The van der Waals surface area contributed by atoms with Crippen molar-refractivity contribution in [2.24, 2.45) is 0 Å². The Bertz CT molecular complexity index is 321. The molecule has 0 aromatic carbocycles. The smallest absolute Gasteiger partial charge is 0.133 e. The van der Waals surface area contributed by atoms with E-state index in [4.69, 9.17) is 11.5 Å². The van der Waals surface area contributed by atoms with Crippen molar-refractivity contribution in [3.05, 3.63) is 24.3 Å². The van der Waals surface area contributed by atoms with Gasteiger partial charge in [0.05, 0.1) is 0 Å². The number of unbranched alkanes of at least 4 members (excludes halogenated alkanes) is 12. The summed E-state index contributed by atoms with van der Waals surface area (Å²) < 4.78 is 0. The molecule has 0 aromatic heterocycles. The molecule has 0 heterocycles. The molecule has 1 unspecified atom stereocenters. The SMILES string of the molecule is C#CC(O)/C=C/CCCCCCCCC/C=C/CCCCCC. The van der Waals surface area contributed by atoms with Gasteiger partial charge in [-0.25, -0.2) is 0 Å². The molecular formula is C22H38O. The number of hydrogen-bond donors (Lipinski definition) is 1. The third-order valence-corrected chi connectivity index (χ3v) is 4.12. The van der Waals surface area contributed by atoms with Crippen molar-refractivity contribution in [2.45, 2.75) is 103 Å². The van der Waals surface area contributed by atoms with Gasteiger partial charge in [0.2, 0.25) is 0 Å². The summed E-state index contributed by atoms with van der Waals surface area (Å²) in [5, 5.41) is 9.16. The third kappa shape index (κ3) is 19.0. The maximum absolute atomic E-state index is 9.16. The number of allylic oxidation sites excluding steroid dienone is 3. The van der Waals surface area contributed by atoms with Gasteiger partial charge in [0.1, 0.15) is 6.10 Å². The molecule has 0 radical (unpaired) electrons. The number of aliphatic hydroxyl groups excluding tert-OH is 1. The van der Waals surface area contributed by atoms with Crippen molar-refractivity contribution in [3.63, 3.8) is 0 Å². The van der Waals surface area contributed by atoms with E-state index >= 15 is 0 Å². The second-order valence-corrected chi connectivity index (χ2v) is 6.41. The molecule has 0 saturated carbocycles. The molecule has 0 fully saturated rings. The summed E-state index contributed by atoms with van der Waals surface area (Å²) in [6.07, 6.45) is 31.1. The van der Waals surface area contributed by atoms with Gasteiger partial charge in [0, 0.05) is 0 Å². The van der Waals surface area contributed by atoms with Crippen molar-refractivity contribution in [1.29, 1.82) is 0 Å². The van der Waals surface area contributed by atoms with Gasteiger partial charge in [-0.15, -0.1) is 6.42 Å². The lowest BCUT2D eigenvalue weighted by atomic mass is 10.1. The first-order valence-corrected chi connectivity index (χ1v) is 9.77. The van der Waals surface area contributed by atoms with Crippen LogP contribution in [0, 0.1) is 12.3 Å². The van der Waals surface area contributed by atoms with E-state index in [1.54, 1.807) is 6.08 Å². The summed E-state index contributed by atoms with van der Waals surface area (Å²) in [4.78, 5) is 0. The lowest BCUT2D eigenvalue weighted by Crippen LogP contribution is -1.95. The Morgan fingerprint density at radius 1 is 0.739 bits per heavy atom. The summed E-state index contributed by atoms with van der Waals surface area (Å²) in [5.41, 5.74) is 0. The minimum atomic E-state index is -0.708. The summed E-state index contributed by atoms with van der Waals surface area (Å²) in [6.45, 7) is 2.26. The van der Waals surface area contributed by atoms with Gasteiger partial charge >= 0.3 is 0 Å². The molecule has 1 N–H and O–H groups in total. The zero-order valence-electron chi connectivity index (χ0n) is 15.3. The van der Waals surface area contributed by atoms with E-state index in [0.717, 1.165) is 6.42 Å². The van der Waals surface area contributed by atoms with Crippen LogP contribution in [0.2, 0.25) is 0 Å². The second kappa shape index (κ2) is 19.0. The quantitative estimate of drug-likeness (QED) is 0.194. The Hall–Kier alpha value is -1.00. The van der Waals surface area contributed by atoms with Crippen molar-refractivity contribution in [2.75, 3.05) is 0 Å². The molecule has 0 aromatic rings. The average Bonchev–Trinajstić information content (AvgIpc) is 2.57. The lowest BCUT2D eigenvalue weighted by Gasteiger charge is -2.00. The molecule has 0 bridgehead atoms. The minimum Gasteiger partial charge on any atom is -0.377 e. The average molecular weight is 319 g/mol. The first kappa shape index (κ1) is 22.0. The van der Waals surface area contributed by atoms with E-state index < -0.39 is 6.10 Å². The Morgan fingerprint density at radius 2 is 1.17 bits per heavy atom. The topological polar surface area (TPSA) is 20.2 Å². The van der Waals surface area contributed by atoms with Crippen LogP contribution in [0.3, 0.4) is 0 Å². The molecule has 0 amide bonds. The maximum Gasteiger partial charge on any atom is 0.133 e. The fraction of sp³-hybridized carbons (Fsp3) is 0.727. The van der Waals surface area contributed by atoms with Gasteiger partial charge < -0.3 is 5.11 Å². The molecule has 1 heteroatoms. The highest BCUT2D eigenvalue weighted by molar-refractivity contribution is 5.05. The van der Waals surface area contributed by atoms with Crippen LogP contribution in [-0.4, -0.2) is 11.2 Å². The first-order valence-electron chi connectivity index (χ1n) is 9.77. The molecule has 0 aliphatic heterocycles. The van der Waals surface area contributed by atoms with Crippen LogP contribution in [0.15, 0.2) is 24.3 Å². The van der Waals surface area contributed by atoms with E-state index in [0.29, 0.717) is 0 Å². The van der Waals surface area contributed by atoms with Crippen LogP contribution in [0.1, 0.15) is 96.8 Å². The van der Waals surface area contributed by atoms with Gasteiger partial charge in [-0.2, -0.15) is 0 Å². The maximum atomic E-state index is 9.16. The highest BCUT2D eigenvalue weighted by Gasteiger charge is 1.92. The van der Waals surface area contributed by atoms with Gasteiger partial charge in [0.15, 0.2) is 0 Å². The number of aliphatic hydroxyl groups is 1. The molecule has 1 nitrogen and oxygen atoms in total. The number of hydrogen-bond acceptors (Lipinski definition) is 1. The molecule has 0 aliphatic carbocycles. The molecule has 23 heavy (non-hydrogen) atoms. The van der Waals surface area contributed by atoms with Gasteiger partial charge in [-0.05, 0) is 44.6 Å². The van der Waals surface area contributed by atoms with Crippen molar-refractivity contribution < 1.29 is 5.11 Å². The normalized spacial score (nSPS) is 12.9. The fourth-order valence-electron chi connectivity index (χ4n) is 2.61.